The average molecular weight is 467 g/mol. The average Bonchev–Trinajstić information content (AvgIpc) is 3.10. The maximum absolute atomic E-state index is 9.78. The molecule has 1 heterocycles. The van der Waals surface area contributed by atoms with Gasteiger partial charge in [-0.2, -0.15) is 5.26 Å². The molecule has 4 aliphatic carbocycles. The summed E-state index contributed by atoms with van der Waals surface area (Å²) >= 11 is 6.03. The molecule has 172 valence electrons. The first-order chi connectivity index (χ1) is 16.4. The molecule has 2 aromatic carbocycles. The molecule has 4 saturated carbocycles. The highest BCUT2D eigenvalue weighted by Crippen LogP contribution is 2.60. The van der Waals surface area contributed by atoms with E-state index in [1.54, 1.807) is 5.56 Å². The van der Waals surface area contributed by atoms with Crippen molar-refractivity contribution in [2.24, 2.45) is 17.8 Å². The van der Waals surface area contributed by atoms with Crippen molar-refractivity contribution in [3.05, 3.63) is 87.7 Å². The van der Waals surface area contributed by atoms with E-state index in [0.717, 1.165) is 34.6 Å². The van der Waals surface area contributed by atoms with Gasteiger partial charge in [0.2, 0.25) is 0 Å². The third-order valence-corrected chi connectivity index (χ3v) is 9.07. The highest BCUT2D eigenvalue weighted by atomic mass is 35.5. The Hall–Kier alpha value is -2.76. The van der Waals surface area contributed by atoms with Crippen molar-refractivity contribution >= 4 is 23.3 Å². The van der Waals surface area contributed by atoms with Gasteiger partial charge in [0.25, 0.3) is 0 Å². The fraction of sp³-hybridized carbons (Fsp3) is 0.387. The number of hydrogen-bond donors (Lipinski definition) is 0. The minimum absolute atomic E-state index is 0.433. The van der Waals surface area contributed by atoms with Crippen molar-refractivity contribution in [2.45, 2.75) is 57.8 Å². The predicted molar refractivity (Wildman–Crippen MR) is 140 cm³/mol. The molecule has 0 atom stereocenters. The molecule has 4 fully saturated rings. The molecule has 1 aromatic heterocycles. The zero-order valence-corrected chi connectivity index (χ0v) is 20.8. The highest BCUT2D eigenvalue weighted by molar-refractivity contribution is 6.30. The molecule has 4 bridgehead atoms. The Balaban J connectivity index is 1.31. The lowest BCUT2D eigenvalue weighted by molar-refractivity contribution is -0.00518. The van der Waals surface area contributed by atoms with Crippen LogP contribution in [0.5, 0.6) is 0 Å². The summed E-state index contributed by atoms with van der Waals surface area (Å²) in [7, 11) is 0. The summed E-state index contributed by atoms with van der Waals surface area (Å²) in [5.41, 5.74) is 8.14. The minimum atomic E-state index is 0.433. The quantitative estimate of drug-likeness (QED) is 0.355. The number of hydrogen-bond acceptors (Lipinski definition) is 1. The van der Waals surface area contributed by atoms with E-state index in [9.17, 15) is 5.26 Å². The lowest BCUT2D eigenvalue weighted by Crippen LogP contribution is -2.48. The molecule has 4 aliphatic rings. The zero-order valence-electron chi connectivity index (χ0n) is 20.0. The summed E-state index contributed by atoms with van der Waals surface area (Å²) in [6.07, 6.45) is 10.6. The molecule has 0 spiro atoms. The van der Waals surface area contributed by atoms with Gasteiger partial charge in [-0.25, -0.2) is 0 Å². The van der Waals surface area contributed by atoms with Gasteiger partial charge in [-0.15, -0.1) is 0 Å². The van der Waals surface area contributed by atoms with Crippen LogP contribution in [0.25, 0.3) is 17.3 Å². The summed E-state index contributed by atoms with van der Waals surface area (Å²) in [5.74, 6) is 2.89. The molecular weight excluding hydrogens is 436 g/mol. The predicted octanol–water partition coefficient (Wildman–Crippen LogP) is 8.28. The van der Waals surface area contributed by atoms with Crippen LogP contribution in [0, 0.1) is 42.9 Å². The molecule has 2 nitrogen and oxygen atoms in total. The van der Waals surface area contributed by atoms with Gasteiger partial charge < -0.3 is 4.57 Å². The number of rotatable bonds is 4. The van der Waals surface area contributed by atoms with Crippen molar-refractivity contribution < 1.29 is 0 Å². The third kappa shape index (κ3) is 3.62. The number of aromatic nitrogens is 1. The first-order valence-corrected chi connectivity index (χ1v) is 13.0. The van der Waals surface area contributed by atoms with Gasteiger partial charge >= 0.3 is 0 Å². The fourth-order valence-corrected chi connectivity index (χ4v) is 7.85. The van der Waals surface area contributed by atoms with Gasteiger partial charge in [0.05, 0.1) is 11.6 Å². The molecule has 0 radical (unpaired) electrons. The van der Waals surface area contributed by atoms with Gasteiger partial charge in [0.15, 0.2) is 0 Å². The Morgan fingerprint density at radius 1 is 0.941 bits per heavy atom. The van der Waals surface area contributed by atoms with E-state index < -0.39 is 0 Å². The smallest absolute Gasteiger partial charge is 0.0998 e. The van der Waals surface area contributed by atoms with Crippen LogP contribution in [0.1, 0.15) is 66.6 Å². The van der Waals surface area contributed by atoms with E-state index >= 15 is 0 Å². The monoisotopic (exact) mass is 466 g/mol. The molecule has 34 heavy (non-hydrogen) atoms. The lowest BCUT2D eigenvalue weighted by Gasteiger charge is -2.57. The molecule has 7 rings (SSSR count). The van der Waals surface area contributed by atoms with Crippen LogP contribution in [0.2, 0.25) is 5.02 Å². The summed E-state index contributed by atoms with van der Waals surface area (Å²) in [6, 6.07) is 21.4. The standard InChI is InChI=1S/C31H31ClN2/c1-20-11-26(15-27(19-33)25-3-7-29(32)8-4-25)21(2)34(20)30-9-5-28(6-10-30)31-16-22-12-23(17-31)14-24(13-22)18-31/h3-11,15,22-24H,12-14,16-18H2,1-2H3/b27-15-. The molecule has 3 heteroatoms. The Morgan fingerprint density at radius 3 is 2.09 bits per heavy atom. The van der Waals surface area contributed by atoms with E-state index in [-0.39, 0.29) is 0 Å². The van der Waals surface area contributed by atoms with E-state index in [1.807, 2.05) is 30.3 Å². The normalized spacial score (nSPS) is 27.7. The number of nitriles is 1. The van der Waals surface area contributed by atoms with Gasteiger partial charge in [-0.3, -0.25) is 0 Å². The molecule has 0 amide bonds. The summed E-state index contributed by atoms with van der Waals surface area (Å²) in [4.78, 5) is 0. The lowest BCUT2D eigenvalue weighted by atomic mass is 9.48. The van der Waals surface area contributed by atoms with Crippen LogP contribution < -0.4 is 0 Å². The van der Waals surface area contributed by atoms with Gasteiger partial charge in [0.1, 0.15) is 0 Å². The molecule has 0 unspecified atom stereocenters. The zero-order chi connectivity index (χ0) is 23.4. The van der Waals surface area contributed by atoms with Crippen molar-refractivity contribution in [1.82, 2.24) is 4.57 Å². The number of nitrogens with zero attached hydrogens (tertiary/aromatic N) is 2. The largest absolute Gasteiger partial charge is 0.318 e. The Bertz CT molecular complexity index is 1270. The van der Waals surface area contributed by atoms with E-state index in [4.69, 9.17) is 11.6 Å². The number of allylic oxidation sites excluding steroid dienone is 1. The van der Waals surface area contributed by atoms with E-state index in [2.05, 4.69) is 54.8 Å². The molecule has 0 aliphatic heterocycles. The molecule has 0 saturated heterocycles. The third-order valence-electron chi connectivity index (χ3n) is 8.82. The van der Waals surface area contributed by atoms with Crippen LogP contribution in [0.4, 0.5) is 0 Å². The Morgan fingerprint density at radius 2 is 1.53 bits per heavy atom. The molecule has 3 aromatic rings. The van der Waals surface area contributed by atoms with Crippen LogP contribution in [-0.2, 0) is 5.41 Å². The van der Waals surface area contributed by atoms with E-state index in [0.29, 0.717) is 16.0 Å². The maximum Gasteiger partial charge on any atom is 0.0998 e. The maximum atomic E-state index is 9.78. The fourth-order valence-electron chi connectivity index (χ4n) is 7.72. The van der Waals surface area contributed by atoms with Crippen molar-refractivity contribution in [3.63, 3.8) is 0 Å². The van der Waals surface area contributed by atoms with Crippen molar-refractivity contribution in [1.29, 1.82) is 5.26 Å². The summed E-state index contributed by atoms with van der Waals surface area (Å²) in [6.45, 7) is 4.29. The van der Waals surface area contributed by atoms with Crippen LogP contribution in [0.3, 0.4) is 0 Å². The van der Waals surface area contributed by atoms with Gasteiger partial charge in [0, 0.05) is 22.1 Å². The first kappa shape index (κ1) is 21.8. The van der Waals surface area contributed by atoms with Crippen molar-refractivity contribution in [3.8, 4) is 11.8 Å². The topological polar surface area (TPSA) is 28.7 Å². The second-order valence-electron chi connectivity index (χ2n) is 11.1. The molecular formula is C31H31ClN2. The van der Waals surface area contributed by atoms with Gasteiger partial charge in [-0.1, -0.05) is 35.9 Å². The van der Waals surface area contributed by atoms with Gasteiger partial charge in [-0.05, 0) is 129 Å². The number of aryl methyl sites for hydroxylation is 1. The second-order valence-corrected chi connectivity index (χ2v) is 11.5. The van der Waals surface area contributed by atoms with Crippen LogP contribution in [-0.4, -0.2) is 4.57 Å². The highest BCUT2D eigenvalue weighted by Gasteiger charge is 2.51. The Labute approximate surface area is 207 Å². The SMILES string of the molecule is Cc1cc(/C=C(/C#N)c2ccc(Cl)cc2)c(C)n1-c1ccc(C23CC4CC(CC(C4)C2)C3)cc1. The Kier molecular flexibility index (Phi) is 5.23. The van der Waals surface area contributed by atoms with Crippen LogP contribution >= 0.6 is 11.6 Å². The van der Waals surface area contributed by atoms with E-state index in [1.165, 1.54) is 49.9 Å². The number of benzene rings is 2. The molecule has 0 N–H and O–H groups in total. The van der Waals surface area contributed by atoms with Crippen molar-refractivity contribution in [2.75, 3.05) is 0 Å². The summed E-state index contributed by atoms with van der Waals surface area (Å²) in [5, 5.41) is 10.5. The second kappa shape index (κ2) is 8.17. The number of halogens is 1. The van der Waals surface area contributed by atoms with Crippen LogP contribution in [0.15, 0.2) is 54.6 Å². The minimum Gasteiger partial charge on any atom is -0.318 e. The first-order valence-electron chi connectivity index (χ1n) is 12.6. The summed E-state index contributed by atoms with van der Waals surface area (Å²) < 4.78 is 2.31.